The summed E-state index contributed by atoms with van der Waals surface area (Å²) in [7, 11) is -1.99. The van der Waals surface area contributed by atoms with E-state index in [0.717, 1.165) is 12.5 Å². The van der Waals surface area contributed by atoms with Crippen molar-refractivity contribution in [2.75, 3.05) is 40.0 Å². The van der Waals surface area contributed by atoms with Gasteiger partial charge >= 0.3 is 0 Å². The molecule has 2 rings (SSSR count). The van der Waals surface area contributed by atoms with Crippen molar-refractivity contribution in [3.05, 3.63) is 24.0 Å². The van der Waals surface area contributed by atoms with E-state index in [9.17, 15) is 12.8 Å². The molecule has 124 valence electrons. The highest BCUT2D eigenvalue weighted by molar-refractivity contribution is 7.89. The maximum absolute atomic E-state index is 14.0. The number of ether oxygens (including phenoxy) is 2. The molecule has 1 heterocycles. The molecule has 0 saturated carbocycles. The van der Waals surface area contributed by atoms with Crippen LogP contribution >= 0.6 is 0 Å². The largest absolute Gasteiger partial charge is 0.490 e. The second kappa shape index (κ2) is 7.87. The van der Waals surface area contributed by atoms with Crippen LogP contribution in [-0.4, -0.2) is 48.4 Å². The van der Waals surface area contributed by atoms with E-state index in [2.05, 4.69) is 10.0 Å². The lowest BCUT2D eigenvalue weighted by Gasteiger charge is -2.12. The molecule has 1 unspecified atom stereocenters. The van der Waals surface area contributed by atoms with Gasteiger partial charge in [0.1, 0.15) is 0 Å². The van der Waals surface area contributed by atoms with Crippen LogP contribution in [0.2, 0.25) is 0 Å². The Bertz CT molecular complexity index is 589. The Hall–Kier alpha value is -1.22. The molecule has 1 fully saturated rings. The number of nitrogens with one attached hydrogen (secondary N) is 2. The standard InChI is InChI=1S/C14H21FN2O4S/c1-16-5-6-17-22(18,19)12-2-3-14(13(15)8-12)21-10-11-4-7-20-9-11/h2-3,8,11,16-17H,4-7,9-10H2,1H3. The molecule has 0 amide bonds. The number of sulfonamides is 1. The topological polar surface area (TPSA) is 76.7 Å². The summed E-state index contributed by atoms with van der Waals surface area (Å²) in [5.74, 6) is -0.373. The van der Waals surface area contributed by atoms with Gasteiger partial charge in [0.25, 0.3) is 0 Å². The number of rotatable bonds is 8. The van der Waals surface area contributed by atoms with Crippen LogP contribution in [0.5, 0.6) is 5.75 Å². The minimum atomic E-state index is -3.71. The van der Waals surface area contributed by atoms with Crippen molar-refractivity contribution < 1.29 is 22.3 Å². The summed E-state index contributed by atoms with van der Waals surface area (Å²) in [6.07, 6.45) is 0.892. The van der Waals surface area contributed by atoms with Gasteiger partial charge in [0.2, 0.25) is 10.0 Å². The van der Waals surface area contributed by atoms with Crippen LogP contribution in [0.15, 0.2) is 23.1 Å². The van der Waals surface area contributed by atoms with Crippen molar-refractivity contribution in [2.45, 2.75) is 11.3 Å². The second-order valence-corrected chi connectivity index (χ2v) is 6.90. The first-order valence-electron chi connectivity index (χ1n) is 7.17. The summed E-state index contributed by atoms with van der Waals surface area (Å²) in [6, 6.07) is 3.66. The number of benzene rings is 1. The van der Waals surface area contributed by atoms with E-state index in [-0.39, 0.29) is 23.1 Å². The van der Waals surface area contributed by atoms with Crippen LogP contribution in [0.3, 0.4) is 0 Å². The van der Waals surface area contributed by atoms with E-state index in [0.29, 0.717) is 26.4 Å². The molecule has 6 nitrogen and oxygen atoms in total. The van der Waals surface area contributed by atoms with E-state index in [1.807, 2.05) is 0 Å². The predicted octanol–water partition coefficient (Wildman–Crippen LogP) is 0.739. The molecule has 1 aliphatic heterocycles. The minimum Gasteiger partial charge on any atom is -0.490 e. The first-order valence-corrected chi connectivity index (χ1v) is 8.65. The zero-order valence-corrected chi connectivity index (χ0v) is 13.3. The Kier molecular flexibility index (Phi) is 6.13. The number of halogens is 1. The third kappa shape index (κ3) is 4.64. The summed E-state index contributed by atoms with van der Waals surface area (Å²) >= 11 is 0. The normalized spacial score (nSPS) is 18.5. The maximum Gasteiger partial charge on any atom is 0.240 e. The van der Waals surface area contributed by atoms with Crippen LogP contribution in [0.25, 0.3) is 0 Å². The molecule has 1 atom stereocenters. The molecule has 2 N–H and O–H groups in total. The Morgan fingerprint density at radius 1 is 1.41 bits per heavy atom. The highest BCUT2D eigenvalue weighted by Gasteiger charge is 2.19. The van der Waals surface area contributed by atoms with Crippen LogP contribution in [-0.2, 0) is 14.8 Å². The van der Waals surface area contributed by atoms with E-state index in [1.165, 1.54) is 12.1 Å². The van der Waals surface area contributed by atoms with E-state index in [4.69, 9.17) is 9.47 Å². The fourth-order valence-electron chi connectivity index (χ4n) is 2.08. The van der Waals surface area contributed by atoms with Crippen LogP contribution < -0.4 is 14.8 Å². The minimum absolute atomic E-state index is 0.0566. The summed E-state index contributed by atoms with van der Waals surface area (Å²) in [4.78, 5) is -0.113. The maximum atomic E-state index is 14.0. The quantitative estimate of drug-likeness (QED) is 0.687. The lowest BCUT2D eigenvalue weighted by Crippen LogP contribution is -2.30. The van der Waals surface area contributed by atoms with Gasteiger partial charge in [-0.15, -0.1) is 0 Å². The summed E-state index contributed by atoms with van der Waals surface area (Å²) in [6.45, 7) is 2.41. The average Bonchev–Trinajstić information content (AvgIpc) is 2.99. The first kappa shape index (κ1) is 17.1. The molecule has 0 bridgehead atoms. The summed E-state index contributed by atoms with van der Waals surface area (Å²) in [5.41, 5.74) is 0. The summed E-state index contributed by atoms with van der Waals surface area (Å²) < 4.78 is 50.9. The fourth-order valence-corrected chi connectivity index (χ4v) is 3.13. The molecule has 1 aromatic carbocycles. The van der Waals surface area contributed by atoms with Crippen molar-refractivity contribution in [2.24, 2.45) is 5.92 Å². The van der Waals surface area contributed by atoms with Gasteiger partial charge in [-0.05, 0) is 31.7 Å². The Labute approximate surface area is 130 Å². The summed E-state index contributed by atoms with van der Waals surface area (Å²) in [5, 5.41) is 2.82. The fraction of sp³-hybridized carbons (Fsp3) is 0.571. The lowest BCUT2D eigenvalue weighted by atomic mass is 10.1. The SMILES string of the molecule is CNCCNS(=O)(=O)c1ccc(OCC2CCOC2)c(F)c1. The molecule has 22 heavy (non-hydrogen) atoms. The van der Waals surface area contributed by atoms with Crippen LogP contribution in [0, 0.1) is 11.7 Å². The van der Waals surface area contributed by atoms with Gasteiger partial charge in [0.15, 0.2) is 11.6 Å². The Morgan fingerprint density at radius 3 is 2.86 bits per heavy atom. The van der Waals surface area contributed by atoms with Crippen molar-refractivity contribution >= 4 is 10.0 Å². The van der Waals surface area contributed by atoms with Gasteiger partial charge in [-0.3, -0.25) is 0 Å². The van der Waals surface area contributed by atoms with Crippen LogP contribution in [0.1, 0.15) is 6.42 Å². The first-order chi connectivity index (χ1) is 10.5. The molecule has 0 radical (unpaired) electrons. The van der Waals surface area contributed by atoms with E-state index in [1.54, 1.807) is 7.05 Å². The van der Waals surface area contributed by atoms with Gasteiger partial charge in [-0.1, -0.05) is 0 Å². The molecule has 1 saturated heterocycles. The molecule has 0 aromatic heterocycles. The molecule has 1 aromatic rings. The zero-order chi connectivity index (χ0) is 16.0. The van der Waals surface area contributed by atoms with Gasteiger partial charge < -0.3 is 14.8 Å². The predicted molar refractivity (Wildman–Crippen MR) is 79.9 cm³/mol. The third-order valence-electron chi connectivity index (χ3n) is 3.38. The average molecular weight is 332 g/mol. The van der Waals surface area contributed by atoms with Gasteiger partial charge in [-0.2, -0.15) is 0 Å². The molecule has 0 aliphatic carbocycles. The molecular weight excluding hydrogens is 311 g/mol. The van der Waals surface area contributed by atoms with Crippen molar-refractivity contribution in [1.29, 1.82) is 0 Å². The van der Waals surface area contributed by atoms with E-state index < -0.39 is 15.8 Å². The van der Waals surface area contributed by atoms with E-state index >= 15 is 0 Å². The molecule has 0 spiro atoms. The molecule has 1 aliphatic rings. The number of hydrogen-bond acceptors (Lipinski definition) is 5. The van der Waals surface area contributed by atoms with Crippen molar-refractivity contribution in [3.8, 4) is 5.75 Å². The Balaban J connectivity index is 1.98. The second-order valence-electron chi connectivity index (χ2n) is 5.13. The van der Waals surface area contributed by atoms with Gasteiger partial charge in [0.05, 0.1) is 18.1 Å². The highest BCUT2D eigenvalue weighted by Crippen LogP contribution is 2.22. The van der Waals surface area contributed by atoms with Crippen LogP contribution in [0.4, 0.5) is 4.39 Å². The number of hydrogen-bond donors (Lipinski definition) is 2. The van der Waals surface area contributed by atoms with Crippen molar-refractivity contribution in [3.63, 3.8) is 0 Å². The molecular formula is C14H21FN2O4S. The Morgan fingerprint density at radius 2 is 2.23 bits per heavy atom. The van der Waals surface area contributed by atoms with Gasteiger partial charge in [0, 0.05) is 25.6 Å². The lowest BCUT2D eigenvalue weighted by molar-refractivity contribution is 0.165. The zero-order valence-electron chi connectivity index (χ0n) is 12.5. The molecule has 8 heteroatoms. The monoisotopic (exact) mass is 332 g/mol. The number of likely N-dealkylation sites (N-methyl/N-ethyl adjacent to an activating group) is 1. The van der Waals surface area contributed by atoms with Crippen molar-refractivity contribution in [1.82, 2.24) is 10.0 Å². The smallest absolute Gasteiger partial charge is 0.240 e. The highest BCUT2D eigenvalue weighted by atomic mass is 32.2. The third-order valence-corrected chi connectivity index (χ3v) is 4.84. The van der Waals surface area contributed by atoms with Gasteiger partial charge in [-0.25, -0.2) is 17.5 Å².